The van der Waals surface area contributed by atoms with E-state index in [4.69, 9.17) is 11.6 Å². The highest BCUT2D eigenvalue weighted by Crippen LogP contribution is 2.30. The van der Waals surface area contributed by atoms with Crippen LogP contribution in [0.1, 0.15) is 11.3 Å². The van der Waals surface area contributed by atoms with Crippen molar-refractivity contribution in [3.8, 4) is 0 Å². The number of hydrogen-bond acceptors (Lipinski definition) is 4. The predicted molar refractivity (Wildman–Crippen MR) is 118 cm³/mol. The number of amides is 4. The number of rotatable bonds is 6. The summed E-state index contributed by atoms with van der Waals surface area (Å²) in [5.41, 5.74) is 0.750. The molecule has 158 valence electrons. The SMILES string of the molecule is O=C(C[C@@H]1C(=O)N(c2cccc(Cl)c2)C(=O)N1Cc1cccs1)Nc1ccc(F)cc1. The van der Waals surface area contributed by atoms with Crippen LogP contribution in [-0.4, -0.2) is 28.8 Å². The van der Waals surface area contributed by atoms with Crippen molar-refractivity contribution in [1.82, 2.24) is 4.90 Å². The maximum Gasteiger partial charge on any atom is 0.332 e. The Balaban J connectivity index is 1.59. The summed E-state index contributed by atoms with van der Waals surface area (Å²) in [5.74, 6) is -1.38. The number of carbonyl (C=O) groups is 3. The van der Waals surface area contributed by atoms with Crippen molar-refractivity contribution in [3.63, 3.8) is 0 Å². The zero-order valence-electron chi connectivity index (χ0n) is 16.1. The number of carbonyl (C=O) groups excluding carboxylic acids is 3. The van der Waals surface area contributed by atoms with E-state index >= 15 is 0 Å². The summed E-state index contributed by atoms with van der Waals surface area (Å²) >= 11 is 7.50. The zero-order valence-corrected chi connectivity index (χ0v) is 17.7. The Kier molecular flexibility index (Phi) is 6.01. The van der Waals surface area contributed by atoms with Crippen LogP contribution in [0.3, 0.4) is 0 Å². The second-order valence-electron chi connectivity index (χ2n) is 6.92. The lowest BCUT2D eigenvalue weighted by molar-refractivity contribution is -0.124. The minimum Gasteiger partial charge on any atom is -0.326 e. The van der Waals surface area contributed by atoms with E-state index in [0.29, 0.717) is 16.4 Å². The Morgan fingerprint density at radius 3 is 2.55 bits per heavy atom. The molecule has 31 heavy (non-hydrogen) atoms. The van der Waals surface area contributed by atoms with Crippen molar-refractivity contribution in [3.05, 3.63) is 81.8 Å². The summed E-state index contributed by atoms with van der Waals surface area (Å²) in [6.45, 7) is 0.202. The third-order valence-corrected chi connectivity index (χ3v) is 5.89. The standard InChI is InChI=1S/C22H17ClFN3O3S/c23-14-3-1-4-17(11-14)27-21(29)19(26(22(27)30)13-18-5-2-10-31-18)12-20(28)25-16-8-6-15(24)7-9-16/h1-11,19H,12-13H2,(H,25,28)/t19-/m1/s1. The molecule has 1 aliphatic rings. The van der Waals surface area contributed by atoms with E-state index in [1.54, 1.807) is 18.2 Å². The van der Waals surface area contributed by atoms with Gasteiger partial charge in [-0.05, 0) is 53.9 Å². The van der Waals surface area contributed by atoms with Crippen molar-refractivity contribution >= 4 is 52.2 Å². The van der Waals surface area contributed by atoms with E-state index in [-0.39, 0.29) is 13.0 Å². The fourth-order valence-corrected chi connectivity index (χ4v) is 4.25. The van der Waals surface area contributed by atoms with Gasteiger partial charge >= 0.3 is 6.03 Å². The van der Waals surface area contributed by atoms with Gasteiger partial charge in [0.1, 0.15) is 11.9 Å². The Bertz CT molecular complexity index is 1120. The van der Waals surface area contributed by atoms with E-state index in [1.165, 1.54) is 46.6 Å². The highest BCUT2D eigenvalue weighted by molar-refractivity contribution is 7.09. The van der Waals surface area contributed by atoms with E-state index < -0.39 is 29.7 Å². The first-order valence-corrected chi connectivity index (χ1v) is 10.7. The van der Waals surface area contributed by atoms with Gasteiger partial charge in [-0.2, -0.15) is 0 Å². The van der Waals surface area contributed by atoms with Crippen LogP contribution >= 0.6 is 22.9 Å². The molecule has 1 N–H and O–H groups in total. The lowest BCUT2D eigenvalue weighted by Gasteiger charge is -2.21. The van der Waals surface area contributed by atoms with Crippen molar-refractivity contribution in [1.29, 1.82) is 0 Å². The molecule has 9 heteroatoms. The van der Waals surface area contributed by atoms with Crippen LogP contribution in [-0.2, 0) is 16.1 Å². The quantitative estimate of drug-likeness (QED) is 0.535. The number of thiophene rings is 1. The summed E-state index contributed by atoms with van der Waals surface area (Å²) in [4.78, 5) is 42.3. The third kappa shape index (κ3) is 4.60. The number of imide groups is 1. The molecule has 0 spiro atoms. The zero-order chi connectivity index (χ0) is 22.0. The molecule has 0 bridgehead atoms. The van der Waals surface area contributed by atoms with E-state index in [0.717, 1.165) is 9.78 Å². The molecule has 1 saturated heterocycles. The summed E-state index contributed by atoms with van der Waals surface area (Å²) in [6, 6.07) is 14.0. The molecule has 1 atom stereocenters. The lowest BCUT2D eigenvalue weighted by Crippen LogP contribution is -2.37. The minimum atomic E-state index is -0.978. The van der Waals surface area contributed by atoms with Gasteiger partial charge in [0.2, 0.25) is 5.91 Å². The largest absolute Gasteiger partial charge is 0.332 e. The first-order valence-electron chi connectivity index (χ1n) is 9.40. The smallest absolute Gasteiger partial charge is 0.326 e. The first-order chi connectivity index (χ1) is 14.9. The van der Waals surface area contributed by atoms with Gasteiger partial charge in [0.25, 0.3) is 5.91 Å². The van der Waals surface area contributed by atoms with Gasteiger partial charge in [0.15, 0.2) is 0 Å². The Morgan fingerprint density at radius 2 is 1.87 bits per heavy atom. The highest BCUT2D eigenvalue weighted by Gasteiger charge is 2.46. The Morgan fingerprint density at radius 1 is 1.10 bits per heavy atom. The molecular weight excluding hydrogens is 441 g/mol. The van der Waals surface area contributed by atoms with Gasteiger partial charge in [-0.1, -0.05) is 23.7 Å². The molecule has 0 saturated carbocycles. The maximum absolute atomic E-state index is 13.2. The average molecular weight is 458 g/mol. The molecule has 4 rings (SSSR count). The summed E-state index contributed by atoms with van der Waals surface area (Å²) < 4.78 is 13.1. The topological polar surface area (TPSA) is 69.7 Å². The molecular formula is C22H17ClFN3O3S. The van der Waals surface area contributed by atoms with Crippen LogP contribution in [0.5, 0.6) is 0 Å². The van der Waals surface area contributed by atoms with Crippen molar-refractivity contribution in [2.24, 2.45) is 0 Å². The second-order valence-corrected chi connectivity index (χ2v) is 8.39. The predicted octanol–water partition coefficient (Wildman–Crippen LogP) is 4.91. The normalized spacial score (nSPS) is 16.1. The minimum absolute atomic E-state index is 0.202. The molecule has 0 aliphatic carbocycles. The lowest BCUT2D eigenvalue weighted by atomic mass is 10.1. The summed E-state index contributed by atoms with van der Waals surface area (Å²) in [5, 5.41) is 4.91. The van der Waals surface area contributed by atoms with Crippen LogP contribution in [0.4, 0.5) is 20.6 Å². The molecule has 6 nitrogen and oxygen atoms in total. The summed E-state index contributed by atoms with van der Waals surface area (Å²) in [6.07, 6.45) is -0.232. The first kappa shape index (κ1) is 21.0. The molecule has 1 aromatic heterocycles. The second kappa shape index (κ2) is 8.87. The molecule has 4 amide bonds. The van der Waals surface area contributed by atoms with Crippen LogP contribution in [0.25, 0.3) is 0 Å². The number of anilines is 2. The molecule has 3 aromatic rings. The van der Waals surface area contributed by atoms with Crippen molar-refractivity contribution in [2.75, 3.05) is 10.2 Å². The summed E-state index contributed by atoms with van der Waals surface area (Å²) in [7, 11) is 0. The fraction of sp³-hybridized carbons (Fsp3) is 0.136. The monoisotopic (exact) mass is 457 g/mol. The maximum atomic E-state index is 13.2. The average Bonchev–Trinajstić information content (AvgIpc) is 3.32. The van der Waals surface area contributed by atoms with Crippen LogP contribution in [0.15, 0.2) is 66.0 Å². The van der Waals surface area contributed by atoms with E-state index in [1.807, 2.05) is 17.5 Å². The van der Waals surface area contributed by atoms with Gasteiger partial charge < -0.3 is 10.2 Å². The molecule has 1 fully saturated rings. The number of nitrogens with zero attached hydrogens (tertiary/aromatic N) is 2. The Labute approximate surface area is 186 Å². The van der Waals surface area contributed by atoms with E-state index in [2.05, 4.69) is 5.32 Å². The number of halogens is 2. The number of nitrogens with one attached hydrogen (secondary N) is 1. The molecule has 2 heterocycles. The van der Waals surface area contributed by atoms with Gasteiger partial charge in [-0.3, -0.25) is 9.59 Å². The number of hydrogen-bond donors (Lipinski definition) is 1. The molecule has 0 radical (unpaired) electrons. The third-order valence-electron chi connectivity index (χ3n) is 4.80. The van der Waals surface area contributed by atoms with Crippen LogP contribution in [0.2, 0.25) is 5.02 Å². The number of urea groups is 1. The van der Waals surface area contributed by atoms with Crippen molar-refractivity contribution in [2.45, 2.75) is 19.0 Å². The van der Waals surface area contributed by atoms with Crippen LogP contribution in [0, 0.1) is 5.82 Å². The number of benzene rings is 2. The van der Waals surface area contributed by atoms with Gasteiger partial charge in [0.05, 0.1) is 18.7 Å². The Hall–Kier alpha value is -3.23. The van der Waals surface area contributed by atoms with Gasteiger partial charge in [-0.25, -0.2) is 14.1 Å². The fourth-order valence-electron chi connectivity index (χ4n) is 3.36. The highest BCUT2D eigenvalue weighted by atomic mass is 35.5. The van der Waals surface area contributed by atoms with E-state index in [9.17, 15) is 18.8 Å². The van der Waals surface area contributed by atoms with Gasteiger partial charge in [0, 0.05) is 15.6 Å². The van der Waals surface area contributed by atoms with Gasteiger partial charge in [-0.15, -0.1) is 11.3 Å². The van der Waals surface area contributed by atoms with Crippen LogP contribution < -0.4 is 10.2 Å². The molecule has 0 unspecified atom stereocenters. The molecule has 2 aromatic carbocycles. The van der Waals surface area contributed by atoms with Crippen molar-refractivity contribution < 1.29 is 18.8 Å². The molecule has 1 aliphatic heterocycles.